The van der Waals surface area contributed by atoms with Gasteiger partial charge in [0, 0.05) is 17.8 Å². The topological polar surface area (TPSA) is 73.2 Å². The van der Waals surface area contributed by atoms with Gasteiger partial charge in [-0.25, -0.2) is 4.98 Å². The van der Waals surface area contributed by atoms with Crippen LogP contribution < -0.4 is 15.6 Å². The van der Waals surface area contributed by atoms with Crippen molar-refractivity contribution in [1.82, 2.24) is 14.9 Å². The van der Waals surface area contributed by atoms with E-state index >= 15 is 0 Å². The summed E-state index contributed by atoms with van der Waals surface area (Å²) in [6.45, 7) is 4.28. The molecule has 6 nitrogen and oxygen atoms in total. The first-order chi connectivity index (χ1) is 14.9. The Bertz CT molecular complexity index is 1140. The number of ether oxygens (including phenoxy) is 1. The molecule has 1 N–H and O–H groups in total. The summed E-state index contributed by atoms with van der Waals surface area (Å²) >= 11 is 1.54. The maximum atomic E-state index is 13.0. The first-order valence-corrected chi connectivity index (χ1v) is 11.7. The lowest BCUT2D eigenvalue weighted by atomic mass is 9.76. The Morgan fingerprint density at radius 2 is 1.90 bits per heavy atom. The molecule has 1 saturated carbocycles. The number of nitrogens with zero attached hydrogens (tertiary/aromatic N) is 2. The first-order valence-electron chi connectivity index (χ1n) is 10.8. The highest BCUT2D eigenvalue weighted by Gasteiger charge is 2.35. The molecule has 1 aliphatic rings. The van der Waals surface area contributed by atoms with E-state index in [1.807, 2.05) is 26.0 Å². The van der Waals surface area contributed by atoms with Gasteiger partial charge in [0.2, 0.25) is 5.91 Å². The monoisotopic (exact) mass is 439 g/mol. The van der Waals surface area contributed by atoms with Crippen molar-refractivity contribution in [3.63, 3.8) is 0 Å². The number of carbonyl (C=O) groups excluding carboxylic acids is 1. The number of rotatable bonds is 6. The van der Waals surface area contributed by atoms with Gasteiger partial charge in [-0.2, -0.15) is 0 Å². The number of aromatic nitrogens is 2. The molecule has 7 heteroatoms. The zero-order valence-electron chi connectivity index (χ0n) is 18.4. The van der Waals surface area contributed by atoms with Crippen molar-refractivity contribution in [2.75, 3.05) is 7.11 Å². The summed E-state index contributed by atoms with van der Waals surface area (Å²) < 4.78 is 6.84. The van der Waals surface area contributed by atoms with E-state index in [1.54, 1.807) is 18.0 Å². The van der Waals surface area contributed by atoms with E-state index < -0.39 is 0 Å². The lowest BCUT2D eigenvalue weighted by Crippen LogP contribution is -2.47. The van der Waals surface area contributed by atoms with Crippen molar-refractivity contribution >= 4 is 27.5 Å². The van der Waals surface area contributed by atoms with E-state index in [2.05, 4.69) is 22.4 Å². The van der Waals surface area contributed by atoms with Gasteiger partial charge in [-0.1, -0.05) is 31.4 Å². The van der Waals surface area contributed by atoms with Gasteiger partial charge in [0.25, 0.3) is 5.56 Å². The minimum absolute atomic E-state index is 0.0389. The van der Waals surface area contributed by atoms with E-state index in [0.29, 0.717) is 11.9 Å². The Balaban J connectivity index is 1.51. The van der Waals surface area contributed by atoms with Gasteiger partial charge in [-0.3, -0.25) is 14.2 Å². The van der Waals surface area contributed by atoms with Crippen LogP contribution in [0.5, 0.6) is 5.75 Å². The molecule has 164 valence electrons. The molecule has 1 amide bonds. The molecule has 0 aliphatic heterocycles. The van der Waals surface area contributed by atoms with E-state index in [1.165, 1.54) is 17.8 Å². The average molecular weight is 440 g/mol. The predicted molar refractivity (Wildman–Crippen MR) is 124 cm³/mol. The molecule has 2 aromatic heterocycles. The van der Waals surface area contributed by atoms with Crippen molar-refractivity contribution in [2.24, 2.45) is 0 Å². The van der Waals surface area contributed by atoms with Gasteiger partial charge < -0.3 is 10.1 Å². The Kier molecular flexibility index (Phi) is 6.14. The molecule has 0 unspecified atom stereocenters. The zero-order valence-corrected chi connectivity index (χ0v) is 19.2. The third kappa shape index (κ3) is 4.24. The number of carbonyl (C=O) groups is 1. The van der Waals surface area contributed by atoms with Gasteiger partial charge >= 0.3 is 0 Å². The molecule has 0 atom stereocenters. The molecule has 1 aromatic carbocycles. The summed E-state index contributed by atoms with van der Waals surface area (Å²) in [5, 5.41) is 3.99. The Morgan fingerprint density at radius 1 is 1.19 bits per heavy atom. The lowest BCUT2D eigenvalue weighted by molar-refractivity contribution is -0.123. The number of hydrogen-bond acceptors (Lipinski definition) is 5. The molecule has 2 heterocycles. The van der Waals surface area contributed by atoms with Crippen LogP contribution >= 0.6 is 11.3 Å². The molecule has 1 aliphatic carbocycles. The van der Waals surface area contributed by atoms with Gasteiger partial charge in [0.05, 0.1) is 24.4 Å². The summed E-state index contributed by atoms with van der Waals surface area (Å²) in [6, 6.07) is 8.00. The molecule has 31 heavy (non-hydrogen) atoms. The van der Waals surface area contributed by atoms with E-state index in [9.17, 15) is 9.59 Å². The van der Waals surface area contributed by atoms with Crippen LogP contribution in [0, 0.1) is 13.8 Å². The minimum atomic E-state index is -0.351. The lowest BCUT2D eigenvalue weighted by Gasteiger charge is -2.39. The Morgan fingerprint density at radius 3 is 2.58 bits per heavy atom. The normalized spacial score (nSPS) is 15.7. The van der Waals surface area contributed by atoms with Gasteiger partial charge in [-0.05, 0) is 49.9 Å². The van der Waals surface area contributed by atoms with Crippen molar-refractivity contribution in [3.8, 4) is 5.75 Å². The third-order valence-electron chi connectivity index (χ3n) is 6.46. The van der Waals surface area contributed by atoms with E-state index in [0.717, 1.165) is 52.3 Å². The van der Waals surface area contributed by atoms with Gasteiger partial charge in [0.1, 0.15) is 10.6 Å². The molecular weight excluding hydrogens is 410 g/mol. The van der Waals surface area contributed by atoms with Crippen LogP contribution in [0.3, 0.4) is 0 Å². The molecule has 0 bridgehead atoms. The fourth-order valence-corrected chi connectivity index (χ4v) is 5.52. The fraction of sp³-hybridized carbons (Fsp3) is 0.458. The molecule has 0 radical (unpaired) electrons. The summed E-state index contributed by atoms with van der Waals surface area (Å²) in [7, 11) is 1.65. The van der Waals surface area contributed by atoms with Crippen LogP contribution in [-0.4, -0.2) is 22.6 Å². The molecule has 3 aromatic rings. The maximum Gasteiger partial charge on any atom is 0.262 e. The first kappa shape index (κ1) is 21.6. The second-order valence-corrected chi connectivity index (χ2v) is 9.58. The summed E-state index contributed by atoms with van der Waals surface area (Å²) in [6.07, 6.45) is 7.01. The largest absolute Gasteiger partial charge is 0.497 e. The van der Waals surface area contributed by atoms with Crippen LogP contribution in [0.4, 0.5) is 0 Å². The summed E-state index contributed by atoms with van der Waals surface area (Å²) in [5.74, 6) is 0.769. The number of aryl methyl sites for hydroxylation is 3. The second kappa shape index (κ2) is 8.83. The number of amides is 1. The molecule has 0 spiro atoms. The molecule has 0 saturated heterocycles. The highest BCUT2D eigenvalue weighted by atomic mass is 32.1. The number of hydrogen-bond donors (Lipinski definition) is 1. The van der Waals surface area contributed by atoms with Crippen molar-refractivity contribution in [2.45, 2.75) is 64.5 Å². The molecule has 1 fully saturated rings. The third-order valence-corrected chi connectivity index (χ3v) is 7.58. The quantitative estimate of drug-likeness (QED) is 0.616. The van der Waals surface area contributed by atoms with Crippen LogP contribution in [0.2, 0.25) is 0 Å². The van der Waals surface area contributed by atoms with Crippen molar-refractivity contribution in [1.29, 1.82) is 0 Å². The number of fused-ring (bicyclic) bond motifs is 1. The maximum absolute atomic E-state index is 13.0. The SMILES string of the molecule is COc1ccc(C2(NC(=O)CCn3cnc4sc(C)c(C)c4c3=O)CCCCC2)cc1. The fourth-order valence-electron chi connectivity index (χ4n) is 4.53. The number of thiophene rings is 1. The average Bonchev–Trinajstić information content (AvgIpc) is 3.08. The summed E-state index contributed by atoms with van der Waals surface area (Å²) in [5.41, 5.74) is 1.68. The zero-order chi connectivity index (χ0) is 22.0. The molecular formula is C24H29N3O3S. The van der Waals surface area contributed by atoms with Crippen LogP contribution in [0.15, 0.2) is 35.4 Å². The van der Waals surface area contributed by atoms with Crippen molar-refractivity contribution in [3.05, 3.63) is 57.0 Å². The minimum Gasteiger partial charge on any atom is -0.497 e. The van der Waals surface area contributed by atoms with Gasteiger partial charge in [0.15, 0.2) is 0 Å². The highest BCUT2D eigenvalue weighted by molar-refractivity contribution is 7.18. The standard InChI is InChI=1S/C24H29N3O3S/c1-16-17(2)31-22-21(16)23(29)27(15-25-22)14-11-20(28)26-24(12-5-4-6-13-24)18-7-9-19(30-3)10-8-18/h7-10,15H,4-6,11-14H2,1-3H3,(H,26,28). The van der Waals surface area contributed by atoms with Crippen LogP contribution in [0.25, 0.3) is 10.2 Å². The number of nitrogens with one attached hydrogen (secondary N) is 1. The summed E-state index contributed by atoms with van der Waals surface area (Å²) in [4.78, 5) is 32.2. The van der Waals surface area contributed by atoms with Crippen LogP contribution in [-0.2, 0) is 16.9 Å². The molecule has 4 rings (SSSR count). The Labute approximate surface area is 186 Å². The van der Waals surface area contributed by atoms with E-state index in [-0.39, 0.29) is 23.4 Å². The predicted octanol–water partition coefficient (Wildman–Crippen LogP) is 4.45. The highest BCUT2D eigenvalue weighted by Crippen LogP contribution is 2.38. The van der Waals surface area contributed by atoms with E-state index in [4.69, 9.17) is 4.74 Å². The van der Waals surface area contributed by atoms with Crippen LogP contribution in [0.1, 0.15) is 54.5 Å². The number of benzene rings is 1. The second-order valence-electron chi connectivity index (χ2n) is 8.38. The van der Waals surface area contributed by atoms with Gasteiger partial charge in [-0.15, -0.1) is 11.3 Å². The van der Waals surface area contributed by atoms with Crippen molar-refractivity contribution < 1.29 is 9.53 Å². The number of methoxy groups -OCH3 is 1. The Hall–Kier alpha value is -2.67. The smallest absolute Gasteiger partial charge is 0.262 e.